The van der Waals surface area contributed by atoms with Gasteiger partial charge < -0.3 is 4.90 Å². The molecule has 0 aliphatic carbocycles. The molecule has 1 aromatic rings. The van der Waals surface area contributed by atoms with E-state index in [1.165, 1.54) is 0 Å². The van der Waals surface area contributed by atoms with E-state index in [0.717, 1.165) is 12.2 Å². The van der Waals surface area contributed by atoms with Crippen LogP contribution >= 0.6 is 23.2 Å². The largest absolute Gasteiger partial charge is 0.368 e. The Hall–Kier alpha value is -0.730. The van der Waals surface area contributed by atoms with Gasteiger partial charge in [0.2, 0.25) is 0 Å². The molecule has 1 saturated heterocycles. The van der Waals surface area contributed by atoms with E-state index in [1.54, 1.807) is 6.07 Å². The molecule has 0 spiro atoms. The quantitative estimate of drug-likeness (QED) is 0.775. The monoisotopic (exact) mass is 271 g/mol. The Morgan fingerprint density at radius 2 is 1.76 bits per heavy atom. The lowest BCUT2D eigenvalue weighted by Crippen LogP contribution is -2.46. The van der Waals surface area contributed by atoms with Crippen LogP contribution in [0.25, 0.3) is 0 Å². The third-order valence-electron chi connectivity index (χ3n) is 3.50. The second-order valence-corrected chi connectivity index (χ2v) is 5.44. The molecule has 0 amide bonds. The van der Waals surface area contributed by atoms with Crippen LogP contribution in [-0.2, 0) is 4.79 Å². The highest BCUT2D eigenvalue weighted by atomic mass is 35.5. The zero-order valence-corrected chi connectivity index (χ0v) is 11.4. The second kappa shape index (κ2) is 4.87. The standard InChI is InChI=1S/C13H15Cl2NO/c1-8-9(2)16(4-3-13(8)17)12-6-10(14)5-11(15)7-12/h5-9H,3-4H2,1-2H3. The lowest BCUT2D eigenvalue weighted by molar-refractivity contribution is -0.123. The molecule has 1 fully saturated rings. The third-order valence-corrected chi connectivity index (χ3v) is 3.94. The van der Waals surface area contributed by atoms with Crippen LogP contribution in [0.3, 0.4) is 0 Å². The lowest BCUT2D eigenvalue weighted by Gasteiger charge is -2.38. The summed E-state index contributed by atoms with van der Waals surface area (Å²) in [6.07, 6.45) is 0.593. The molecule has 0 radical (unpaired) electrons. The predicted octanol–water partition coefficient (Wildman–Crippen LogP) is 3.80. The van der Waals surface area contributed by atoms with Gasteiger partial charge in [0, 0.05) is 40.7 Å². The molecule has 0 N–H and O–H groups in total. The number of benzene rings is 1. The molecule has 1 heterocycles. The molecule has 92 valence electrons. The van der Waals surface area contributed by atoms with E-state index >= 15 is 0 Å². The number of piperidine rings is 1. The SMILES string of the molecule is CC1C(=O)CCN(c2cc(Cl)cc(Cl)c2)C1C. The predicted molar refractivity (Wildman–Crippen MR) is 72.1 cm³/mol. The van der Waals surface area contributed by atoms with Gasteiger partial charge in [-0.3, -0.25) is 4.79 Å². The summed E-state index contributed by atoms with van der Waals surface area (Å²) >= 11 is 12.0. The minimum Gasteiger partial charge on any atom is -0.368 e. The molecule has 2 atom stereocenters. The number of carbonyl (C=O) groups excluding carboxylic acids is 1. The summed E-state index contributed by atoms with van der Waals surface area (Å²) in [7, 11) is 0. The van der Waals surface area contributed by atoms with Gasteiger partial charge in [-0.05, 0) is 25.1 Å². The van der Waals surface area contributed by atoms with Gasteiger partial charge in [-0.1, -0.05) is 30.1 Å². The van der Waals surface area contributed by atoms with Crippen LogP contribution in [-0.4, -0.2) is 18.4 Å². The van der Waals surface area contributed by atoms with Gasteiger partial charge >= 0.3 is 0 Å². The van der Waals surface area contributed by atoms with Crippen LogP contribution in [0.5, 0.6) is 0 Å². The third kappa shape index (κ3) is 2.58. The van der Waals surface area contributed by atoms with Crippen molar-refractivity contribution >= 4 is 34.7 Å². The molecule has 4 heteroatoms. The van der Waals surface area contributed by atoms with Crippen molar-refractivity contribution in [2.45, 2.75) is 26.3 Å². The van der Waals surface area contributed by atoms with E-state index in [1.807, 2.05) is 19.1 Å². The van der Waals surface area contributed by atoms with Gasteiger partial charge in [-0.25, -0.2) is 0 Å². The smallest absolute Gasteiger partial charge is 0.139 e. The maximum absolute atomic E-state index is 11.6. The highest BCUT2D eigenvalue weighted by Crippen LogP contribution is 2.31. The van der Waals surface area contributed by atoms with E-state index in [-0.39, 0.29) is 12.0 Å². The van der Waals surface area contributed by atoms with Crippen LogP contribution < -0.4 is 4.90 Å². The number of hydrogen-bond donors (Lipinski definition) is 0. The van der Waals surface area contributed by atoms with Crippen LogP contribution in [0.4, 0.5) is 5.69 Å². The van der Waals surface area contributed by atoms with Crippen LogP contribution in [0.2, 0.25) is 10.0 Å². The first-order valence-corrected chi connectivity index (χ1v) is 6.50. The fourth-order valence-electron chi connectivity index (χ4n) is 2.27. The van der Waals surface area contributed by atoms with Crippen LogP contribution in [0.1, 0.15) is 20.3 Å². The van der Waals surface area contributed by atoms with Crippen molar-refractivity contribution in [3.8, 4) is 0 Å². The van der Waals surface area contributed by atoms with E-state index in [9.17, 15) is 4.79 Å². The van der Waals surface area contributed by atoms with E-state index in [0.29, 0.717) is 22.2 Å². The Balaban J connectivity index is 2.30. The number of anilines is 1. The maximum Gasteiger partial charge on any atom is 0.139 e. The molecule has 1 aromatic carbocycles. The maximum atomic E-state index is 11.6. The zero-order valence-electron chi connectivity index (χ0n) is 9.91. The van der Waals surface area contributed by atoms with Crippen molar-refractivity contribution in [1.82, 2.24) is 0 Å². The molecule has 0 saturated carbocycles. The first kappa shape index (κ1) is 12.7. The number of halogens is 2. The van der Waals surface area contributed by atoms with E-state index in [4.69, 9.17) is 23.2 Å². The Bertz CT molecular complexity index is 427. The average Bonchev–Trinajstić information content (AvgIpc) is 2.24. The average molecular weight is 272 g/mol. The topological polar surface area (TPSA) is 20.3 Å². The second-order valence-electron chi connectivity index (χ2n) is 4.57. The van der Waals surface area contributed by atoms with Gasteiger partial charge in [0.25, 0.3) is 0 Å². The Kier molecular flexibility index (Phi) is 3.64. The van der Waals surface area contributed by atoms with Gasteiger partial charge in [-0.15, -0.1) is 0 Å². The van der Waals surface area contributed by atoms with Crippen molar-refractivity contribution in [2.24, 2.45) is 5.92 Å². The molecule has 2 unspecified atom stereocenters. The van der Waals surface area contributed by atoms with Gasteiger partial charge in [0.15, 0.2) is 0 Å². The van der Waals surface area contributed by atoms with Crippen LogP contribution in [0, 0.1) is 5.92 Å². The van der Waals surface area contributed by atoms with Crippen molar-refractivity contribution in [2.75, 3.05) is 11.4 Å². The molecular formula is C13H15Cl2NO. The molecule has 17 heavy (non-hydrogen) atoms. The van der Waals surface area contributed by atoms with Gasteiger partial charge in [0.1, 0.15) is 5.78 Å². The fraction of sp³-hybridized carbons (Fsp3) is 0.462. The summed E-state index contributed by atoms with van der Waals surface area (Å²) in [5, 5.41) is 1.26. The number of nitrogens with zero attached hydrogens (tertiary/aromatic N) is 1. The molecule has 2 nitrogen and oxygen atoms in total. The zero-order chi connectivity index (χ0) is 12.6. The molecule has 1 aliphatic heterocycles. The first-order valence-electron chi connectivity index (χ1n) is 5.74. The summed E-state index contributed by atoms with van der Waals surface area (Å²) in [4.78, 5) is 13.8. The fourth-order valence-corrected chi connectivity index (χ4v) is 2.78. The summed E-state index contributed by atoms with van der Waals surface area (Å²) in [5.74, 6) is 0.392. The summed E-state index contributed by atoms with van der Waals surface area (Å²) in [6, 6.07) is 5.69. The molecule has 2 rings (SSSR count). The minimum absolute atomic E-state index is 0.0570. The minimum atomic E-state index is 0.0570. The summed E-state index contributed by atoms with van der Waals surface area (Å²) in [6.45, 7) is 4.78. The Morgan fingerprint density at radius 1 is 1.18 bits per heavy atom. The number of hydrogen-bond acceptors (Lipinski definition) is 2. The number of Topliss-reactive ketones (excluding diaryl/α,β-unsaturated/α-hetero) is 1. The first-order chi connectivity index (χ1) is 7.99. The Labute approximate surface area is 112 Å². The number of rotatable bonds is 1. The van der Waals surface area contributed by atoms with Crippen molar-refractivity contribution in [3.05, 3.63) is 28.2 Å². The molecule has 1 aliphatic rings. The van der Waals surface area contributed by atoms with Crippen molar-refractivity contribution in [1.29, 1.82) is 0 Å². The number of ketones is 1. The normalized spacial score (nSPS) is 25.2. The highest BCUT2D eigenvalue weighted by Gasteiger charge is 2.30. The summed E-state index contributed by atoms with van der Waals surface area (Å²) < 4.78 is 0. The van der Waals surface area contributed by atoms with Gasteiger partial charge in [0.05, 0.1) is 0 Å². The van der Waals surface area contributed by atoms with E-state index < -0.39 is 0 Å². The van der Waals surface area contributed by atoms with Crippen molar-refractivity contribution < 1.29 is 4.79 Å². The lowest BCUT2D eigenvalue weighted by atomic mass is 9.90. The van der Waals surface area contributed by atoms with Crippen LogP contribution in [0.15, 0.2) is 18.2 Å². The summed E-state index contributed by atoms with van der Waals surface area (Å²) in [5.41, 5.74) is 0.995. The van der Waals surface area contributed by atoms with E-state index in [2.05, 4.69) is 11.8 Å². The highest BCUT2D eigenvalue weighted by molar-refractivity contribution is 6.35. The molecular weight excluding hydrogens is 257 g/mol. The van der Waals surface area contributed by atoms with Crippen molar-refractivity contribution in [3.63, 3.8) is 0 Å². The Morgan fingerprint density at radius 3 is 2.35 bits per heavy atom. The molecule has 0 aromatic heterocycles. The van der Waals surface area contributed by atoms with Gasteiger partial charge in [-0.2, -0.15) is 0 Å². The molecule has 0 bridgehead atoms. The number of carbonyl (C=O) groups is 1.